The van der Waals surface area contributed by atoms with Crippen molar-refractivity contribution in [3.63, 3.8) is 0 Å². The molecule has 0 aliphatic rings. The number of aromatic amines is 1. The van der Waals surface area contributed by atoms with Crippen LogP contribution in [0.3, 0.4) is 0 Å². The van der Waals surface area contributed by atoms with E-state index in [0.29, 0.717) is 23.1 Å². The Bertz CT molecular complexity index is 892. The highest BCUT2D eigenvalue weighted by atomic mass is 16.5. The largest absolute Gasteiger partial charge is 0.493 e. The predicted octanol–water partition coefficient (Wildman–Crippen LogP) is 3.10. The second-order valence-electron chi connectivity index (χ2n) is 5.54. The zero-order valence-corrected chi connectivity index (χ0v) is 14.7. The van der Waals surface area contributed by atoms with Crippen LogP contribution in [-0.2, 0) is 13.0 Å². The molecule has 2 N–H and O–H groups in total. The number of nitrogens with zero attached hydrogens (tertiary/aromatic N) is 2. The molecule has 0 bridgehead atoms. The van der Waals surface area contributed by atoms with Crippen molar-refractivity contribution in [2.24, 2.45) is 0 Å². The van der Waals surface area contributed by atoms with E-state index >= 15 is 0 Å². The highest BCUT2D eigenvalue weighted by Gasteiger charge is 2.13. The quantitative estimate of drug-likeness (QED) is 0.682. The van der Waals surface area contributed by atoms with Crippen LogP contribution < -0.4 is 14.8 Å². The first-order valence-electron chi connectivity index (χ1n) is 8.28. The van der Waals surface area contributed by atoms with Crippen molar-refractivity contribution in [3.8, 4) is 17.4 Å². The van der Waals surface area contributed by atoms with Gasteiger partial charge in [0, 0.05) is 24.0 Å². The molecule has 3 aromatic rings. The zero-order chi connectivity index (χ0) is 18.4. The molecule has 26 heavy (non-hydrogen) atoms. The number of nitrogens with one attached hydrogen (secondary N) is 2. The minimum Gasteiger partial charge on any atom is -0.493 e. The van der Waals surface area contributed by atoms with Gasteiger partial charge in [-0.3, -0.25) is 9.89 Å². The van der Waals surface area contributed by atoms with Gasteiger partial charge in [-0.05, 0) is 30.7 Å². The van der Waals surface area contributed by atoms with Gasteiger partial charge in [0.15, 0.2) is 11.5 Å². The summed E-state index contributed by atoms with van der Waals surface area (Å²) in [5, 5.41) is 9.68. The molecule has 0 atom stereocenters. The molecule has 0 saturated carbocycles. The number of carbonyl (C=O) groups is 1. The Balaban J connectivity index is 1.72. The van der Waals surface area contributed by atoms with Crippen molar-refractivity contribution in [1.29, 1.82) is 0 Å². The summed E-state index contributed by atoms with van der Waals surface area (Å²) in [6.45, 7) is 2.26. The van der Waals surface area contributed by atoms with Crippen LogP contribution in [0.5, 0.6) is 17.4 Å². The molecule has 2 aromatic heterocycles. The monoisotopic (exact) mass is 352 g/mol. The molecule has 2 heterocycles. The van der Waals surface area contributed by atoms with Gasteiger partial charge in [-0.15, -0.1) is 0 Å². The summed E-state index contributed by atoms with van der Waals surface area (Å²) >= 11 is 0. The van der Waals surface area contributed by atoms with E-state index in [1.165, 1.54) is 0 Å². The number of para-hydroxylation sites is 2. The molecule has 0 saturated heterocycles. The van der Waals surface area contributed by atoms with Gasteiger partial charge in [0.1, 0.15) is 5.69 Å². The van der Waals surface area contributed by atoms with Crippen molar-refractivity contribution >= 4 is 5.91 Å². The topological polar surface area (TPSA) is 89.1 Å². The Labute approximate surface area is 151 Å². The summed E-state index contributed by atoms with van der Waals surface area (Å²) in [6, 6.07) is 12.7. The Morgan fingerprint density at radius 3 is 2.73 bits per heavy atom. The maximum absolute atomic E-state index is 12.2. The summed E-state index contributed by atoms with van der Waals surface area (Å²) in [6.07, 6.45) is 2.43. The third kappa shape index (κ3) is 4.00. The van der Waals surface area contributed by atoms with Gasteiger partial charge >= 0.3 is 0 Å². The van der Waals surface area contributed by atoms with E-state index in [1.807, 2.05) is 31.2 Å². The summed E-state index contributed by atoms with van der Waals surface area (Å²) < 4.78 is 11.2. The number of carbonyl (C=O) groups excluding carboxylic acids is 1. The molecular weight excluding hydrogens is 332 g/mol. The third-order valence-corrected chi connectivity index (χ3v) is 3.81. The fourth-order valence-corrected chi connectivity index (χ4v) is 2.38. The molecule has 1 amide bonds. The number of amides is 1. The van der Waals surface area contributed by atoms with Crippen LogP contribution in [0, 0.1) is 0 Å². The number of pyridine rings is 1. The van der Waals surface area contributed by atoms with Gasteiger partial charge in [0.25, 0.3) is 5.91 Å². The number of hydrogen-bond acceptors (Lipinski definition) is 5. The Kier molecular flexibility index (Phi) is 5.48. The van der Waals surface area contributed by atoms with Crippen LogP contribution in [0.2, 0.25) is 0 Å². The molecule has 3 rings (SSSR count). The number of aromatic nitrogens is 3. The fourth-order valence-electron chi connectivity index (χ4n) is 2.38. The smallest absolute Gasteiger partial charge is 0.272 e. The van der Waals surface area contributed by atoms with E-state index in [9.17, 15) is 4.79 Å². The van der Waals surface area contributed by atoms with E-state index in [4.69, 9.17) is 9.47 Å². The normalized spacial score (nSPS) is 10.4. The number of aryl methyl sites for hydroxylation is 1. The molecule has 0 fully saturated rings. The van der Waals surface area contributed by atoms with Gasteiger partial charge in [0.05, 0.1) is 7.11 Å². The Hall–Kier alpha value is -3.35. The first-order valence-corrected chi connectivity index (χ1v) is 8.28. The molecule has 0 spiro atoms. The number of H-pyrrole nitrogens is 1. The van der Waals surface area contributed by atoms with E-state index in [2.05, 4.69) is 20.5 Å². The lowest BCUT2D eigenvalue weighted by Gasteiger charge is -2.12. The molecule has 0 aliphatic heterocycles. The molecule has 134 valence electrons. The molecule has 0 radical (unpaired) electrons. The molecular formula is C19H20N4O3. The van der Waals surface area contributed by atoms with Crippen molar-refractivity contribution in [2.75, 3.05) is 7.11 Å². The van der Waals surface area contributed by atoms with Crippen LogP contribution >= 0.6 is 0 Å². The summed E-state index contributed by atoms with van der Waals surface area (Å²) in [5.41, 5.74) is 2.02. The van der Waals surface area contributed by atoms with Crippen LogP contribution in [0.1, 0.15) is 28.7 Å². The van der Waals surface area contributed by atoms with E-state index in [-0.39, 0.29) is 12.5 Å². The summed E-state index contributed by atoms with van der Waals surface area (Å²) in [4.78, 5) is 16.5. The predicted molar refractivity (Wildman–Crippen MR) is 96.4 cm³/mol. The molecule has 1 aromatic carbocycles. The average molecular weight is 352 g/mol. The second kappa shape index (κ2) is 8.15. The minimum atomic E-state index is -0.256. The van der Waals surface area contributed by atoms with Gasteiger partial charge < -0.3 is 14.8 Å². The maximum atomic E-state index is 12.2. The van der Waals surface area contributed by atoms with E-state index < -0.39 is 0 Å². The number of benzene rings is 1. The summed E-state index contributed by atoms with van der Waals surface area (Å²) in [7, 11) is 1.58. The number of rotatable bonds is 7. The van der Waals surface area contributed by atoms with Crippen LogP contribution in [0.25, 0.3) is 0 Å². The van der Waals surface area contributed by atoms with Crippen molar-refractivity contribution in [1.82, 2.24) is 20.5 Å². The molecule has 7 nitrogen and oxygen atoms in total. The van der Waals surface area contributed by atoms with Gasteiger partial charge in [0.2, 0.25) is 5.88 Å². The fraction of sp³-hybridized carbons (Fsp3) is 0.211. The highest BCUT2D eigenvalue weighted by molar-refractivity contribution is 5.92. The van der Waals surface area contributed by atoms with E-state index in [1.54, 1.807) is 31.5 Å². The number of methoxy groups -OCH3 is 1. The lowest BCUT2D eigenvalue weighted by Crippen LogP contribution is -2.23. The van der Waals surface area contributed by atoms with Crippen LogP contribution in [-0.4, -0.2) is 28.2 Å². The van der Waals surface area contributed by atoms with Gasteiger partial charge in [-0.25, -0.2) is 4.98 Å². The molecule has 0 aliphatic carbocycles. The number of ether oxygens (including phenoxy) is 2. The second-order valence-corrected chi connectivity index (χ2v) is 5.54. The van der Waals surface area contributed by atoms with Crippen LogP contribution in [0.15, 0.2) is 48.7 Å². The average Bonchev–Trinajstić information content (AvgIpc) is 3.17. The van der Waals surface area contributed by atoms with Crippen molar-refractivity contribution < 1.29 is 14.3 Å². The third-order valence-electron chi connectivity index (χ3n) is 3.81. The zero-order valence-electron chi connectivity index (χ0n) is 14.7. The van der Waals surface area contributed by atoms with Gasteiger partial charge in [-0.2, -0.15) is 5.10 Å². The maximum Gasteiger partial charge on any atom is 0.272 e. The Morgan fingerprint density at radius 2 is 2.00 bits per heavy atom. The Morgan fingerprint density at radius 1 is 1.19 bits per heavy atom. The first kappa shape index (κ1) is 17.5. The molecule has 7 heteroatoms. The highest BCUT2D eigenvalue weighted by Crippen LogP contribution is 2.31. The summed E-state index contributed by atoms with van der Waals surface area (Å²) in [5.74, 6) is 1.32. The van der Waals surface area contributed by atoms with Crippen LogP contribution in [0.4, 0.5) is 0 Å². The van der Waals surface area contributed by atoms with Gasteiger partial charge in [-0.1, -0.05) is 25.1 Å². The standard InChI is InChI=1S/C19H20N4O3/c1-3-14-11-15(23-22-14)18(24)21-12-13-7-6-10-20-19(13)26-17-9-5-4-8-16(17)25-2/h4-11H,3,12H2,1-2H3,(H,21,24)(H,22,23). The van der Waals surface area contributed by atoms with Crippen molar-refractivity contribution in [2.45, 2.75) is 19.9 Å². The SMILES string of the molecule is CCc1cc(C(=O)NCc2cccnc2Oc2ccccc2OC)n[nH]1. The first-order chi connectivity index (χ1) is 12.7. The minimum absolute atomic E-state index is 0.256. The van der Waals surface area contributed by atoms with E-state index in [0.717, 1.165) is 17.7 Å². The van der Waals surface area contributed by atoms with Crippen molar-refractivity contribution in [3.05, 3.63) is 65.6 Å². The lowest BCUT2D eigenvalue weighted by atomic mass is 10.2. The lowest BCUT2D eigenvalue weighted by molar-refractivity contribution is 0.0945. The molecule has 0 unspecified atom stereocenters. The number of hydrogen-bond donors (Lipinski definition) is 2.